The summed E-state index contributed by atoms with van der Waals surface area (Å²) in [4.78, 5) is 2.09. The molecule has 2 aromatic carbocycles. The van der Waals surface area contributed by atoms with Crippen molar-refractivity contribution >= 4 is 11.4 Å². The lowest BCUT2D eigenvalue weighted by atomic mass is 10.1. The molecule has 0 aliphatic rings. The van der Waals surface area contributed by atoms with Crippen molar-refractivity contribution in [3.63, 3.8) is 0 Å². The lowest BCUT2D eigenvalue weighted by molar-refractivity contribution is 0.474. The summed E-state index contributed by atoms with van der Waals surface area (Å²) in [5.41, 5.74) is 4.59. The highest BCUT2D eigenvalue weighted by atomic mass is 16.3. The van der Waals surface area contributed by atoms with Gasteiger partial charge in [-0.2, -0.15) is 0 Å². The van der Waals surface area contributed by atoms with Crippen LogP contribution in [0.5, 0.6) is 5.75 Å². The molecule has 1 atom stereocenters. The Balaban J connectivity index is 2.17. The van der Waals surface area contributed by atoms with E-state index in [-0.39, 0.29) is 6.04 Å². The number of phenolic OH excluding ortho intramolecular Hbond substituents is 1. The van der Waals surface area contributed by atoms with Crippen LogP contribution in [-0.4, -0.2) is 19.2 Å². The van der Waals surface area contributed by atoms with Gasteiger partial charge in [-0.3, -0.25) is 0 Å². The molecule has 0 fully saturated rings. The fraction of sp³-hybridized carbons (Fsp3) is 0.294. The SMILES string of the molecule is Cc1cc(N(C)C)ccc1NC(C)c1cccc(O)c1. The summed E-state index contributed by atoms with van der Waals surface area (Å²) in [7, 11) is 4.08. The topological polar surface area (TPSA) is 35.5 Å². The highest BCUT2D eigenvalue weighted by Gasteiger charge is 2.08. The van der Waals surface area contributed by atoms with E-state index in [1.165, 1.54) is 11.3 Å². The van der Waals surface area contributed by atoms with Crippen LogP contribution in [0.1, 0.15) is 24.1 Å². The van der Waals surface area contributed by atoms with Gasteiger partial charge in [0, 0.05) is 31.5 Å². The molecule has 0 saturated carbocycles. The predicted octanol–water partition coefficient (Wildman–Crippen LogP) is 3.94. The first-order valence-corrected chi connectivity index (χ1v) is 6.81. The summed E-state index contributed by atoms with van der Waals surface area (Å²) >= 11 is 0. The predicted molar refractivity (Wildman–Crippen MR) is 85.7 cm³/mol. The van der Waals surface area contributed by atoms with Gasteiger partial charge >= 0.3 is 0 Å². The molecular weight excluding hydrogens is 248 g/mol. The van der Waals surface area contributed by atoms with Crippen LogP contribution in [0.4, 0.5) is 11.4 Å². The van der Waals surface area contributed by atoms with E-state index in [1.807, 2.05) is 26.2 Å². The Hall–Kier alpha value is -2.16. The number of rotatable bonds is 4. The summed E-state index contributed by atoms with van der Waals surface area (Å²) in [6.45, 7) is 4.19. The molecule has 0 aromatic heterocycles. The highest BCUT2D eigenvalue weighted by molar-refractivity contribution is 5.60. The van der Waals surface area contributed by atoms with Crippen LogP contribution in [0.2, 0.25) is 0 Å². The molecule has 1 unspecified atom stereocenters. The van der Waals surface area contributed by atoms with Gasteiger partial charge in [0.2, 0.25) is 0 Å². The fourth-order valence-corrected chi connectivity index (χ4v) is 2.20. The van der Waals surface area contributed by atoms with E-state index in [0.717, 1.165) is 11.3 Å². The Kier molecular flexibility index (Phi) is 4.18. The maximum absolute atomic E-state index is 9.55. The molecule has 106 valence electrons. The smallest absolute Gasteiger partial charge is 0.115 e. The number of aryl methyl sites for hydroxylation is 1. The minimum absolute atomic E-state index is 0.144. The van der Waals surface area contributed by atoms with E-state index in [1.54, 1.807) is 12.1 Å². The average molecular weight is 270 g/mol. The largest absolute Gasteiger partial charge is 0.508 e. The maximum Gasteiger partial charge on any atom is 0.115 e. The summed E-state index contributed by atoms with van der Waals surface area (Å²) in [6, 6.07) is 13.9. The monoisotopic (exact) mass is 270 g/mol. The van der Waals surface area contributed by atoms with E-state index in [4.69, 9.17) is 0 Å². The van der Waals surface area contributed by atoms with Gasteiger partial charge in [-0.05, 0) is 55.3 Å². The van der Waals surface area contributed by atoms with E-state index < -0.39 is 0 Å². The molecule has 3 heteroatoms. The van der Waals surface area contributed by atoms with Gasteiger partial charge in [0.1, 0.15) is 5.75 Å². The van der Waals surface area contributed by atoms with Gasteiger partial charge in [-0.25, -0.2) is 0 Å². The number of nitrogens with zero attached hydrogens (tertiary/aromatic N) is 1. The second-order valence-corrected chi connectivity index (χ2v) is 5.35. The number of nitrogens with one attached hydrogen (secondary N) is 1. The maximum atomic E-state index is 9.55. The third kappa shape index (κ3) is 3.23. The summed E-state index contributed by atoms with van der Waals surface area (Å²) in [5.74, 6) is 0.302. The molecule has 0 aliphatic heterocycles. The number of anilines is 2. The third-order valence-electron chi connectivity index (χ3n) is 3.47. The van der Waals surface area contributed by atoms with Crippen LogP contribution in [0.25, 0.3) is 0 Å². The third-order valence-corrected chi connectivity index (χ3v) is 3.47. The number of benzene rings is 2. The van der Waals surface area contributed by atoms with Gasteiger partial charge in [-0.15, -0.1) is 0 Å². The first-order chi connectivity index (χ1) is 9.47. The van der Waals surface area contributed by atoms with Crippen LogP contribution in [0, 0.1) is 6.92 Å². The van der Waals surface area contributed by atoms with Crippen LogP contribution in [-0.2, 0) is 0 Å². The van der Waals surface area contributed by atoms with Crippen molar-refractivity contribution in [2.75, 3.05) is 24.3 Å². The van der Waals surface area contributed by atoms with E-state index in [9.17, 15) is 5.11 Å². The van der Waals surface area contributed by atoms with Gasteiger partial charge in [0.15, 0.2) is 0 Å². The molecule has 0 aliphatic carbocycles. The van der Waals surface area contributed by atoms with Gasteiger partial charge in [-0.1, -0.05) is 12.1 Å². The van der Waals surface area contributed by atoms with E-state index in [2.05, 4.69) is 42.3 Å². The molecule has 2 rings (SSSR count). The molecule has 2 N–H and O–H groups in total. The van der Waals surface area contributed by atoms with E-state index >= 15 is 0 Å². The number of aromatic hydroxyl groups is 1. The molecule has 0 heterocycles. The minimum Gasteiger partial charge on any atom is -0.508 e. The van der Waals surface area contributed by atoms with Crippen molar-refractivity contribution in [3.05, 3.63) is 53.6 Å². The normalized spacial score (nSPS) is 12.0. The zero-order valence-corrected chi connectivity index (χ0v) is 12.5. The molecule has 0 bridgehead atoms. The van der Waals surface area contributed by atoms with Crippen molar-refractivity contribution in [2.45, 2.75) is 19.9 Å². The van der Waals surface area contributed by atoms with Crippen molar-refractivity contribution in [1.29, 1.82) is 0 Å². The van der Waals surface area contributed by atoms with Crippen molar-refractivity contribution in [1.82, 2.24) is 0 Å². The van der Waals surface area contributed by atoms with Crippen LogP contribution in [0.15, 0.2) is 42.5 Å². The molecule has 0 radical (unpaired) electrons. The molecule has 0 spiro atoms. The Morgan fingerprint density at radius 2 is 1.85 bits per heavy atom. The van der Waals surface area contributed by atoms with Crippen LogP contribution >= 0.6 is 0 Å². The Bertz CT molecular complexity index is 593. The molecule has 0 amide bonds. The molecule has 2 aromatic rings. The minimum atomic E-state index is 0.144. The lowest BCUT2D eigenvalue weighted by Gasteiger charge is -2.20. The summed E-state index contributed by atoms with van der Waals surface area (Å²) in [6.07, 6.45) is 0. The van der Waals surface area contributed by atoms with Crippen LogP contribution < -0.4 is 10.2 Å². The number of phenols is 1. The Morgan fingerprint density at radius 3 is 2.45 bits per heavy atom. The fourth-order valence-electron chi connectivity index (χ4n) is 2.20. The van der Waals surface area contributed by atoms with Crippen LogP contribution in [0.3, 0.4) is 0 Å². The highest BCUT2D eigenvalue weighted by Crippen LogP contribution is 2.26. The van der Waals surface area contributed by atoms with Gasteiger partial charge < -0.3 is 15.3 Å². The quantitative estimate of drug-likeness (QED) is 0.883. The van der Waals surface area contributed by atoms with Crippen molar-refractivity contribution in [3.8, 4) is 5.75 Å². The first-order valence-electron chi connectivity index (χ1n) is 6.81. The lowest BCUT2D eigenvalue weighted by Crippen LogP contribution is -2.10. The van der Waals surface area contributed by atoms with Gasteiger partial charge in [0.05, 0.1) is 0 Å². The number of hydrogen-bond donors (Lipinski definition) is 2. The Morgan fingerprint density at radius 1 is 1.10 bits per heavy atom. The molecular formula is C17H22N2O. The summed E-state index contributed by atoms with van der Waals surface area (Å²) in [5, 5.41) is 13.0. The summed E-state index contributed by atoms with van der Waals surface area (Å²) < 4.78 is 0. The molecule has 20 heavy (non-hydrogen) atoms. The Labute approximate surface area is 120 Å². The standard InChI is InChI=1S/C17H22N2O/c1-12-10-15(19(3)4)8-9-17(12)18-13(2)14-6-5-7-16(20)11-14/h5-11,13,18,20H,1-4H3. The first kappa shape index (κ1) is 14.3. The zero-order valence-electron chi connectivity index (χ0n) is 12.5. The average Bonchev–Trinajstić information content (AvgIpc) is 2.40. The molecule has 0 saturated heterocycles. The second-order valence-electron chi connectivity index (χ2n) is 5.35. The number of hydrogen-bond acceptors (Lipinski definition) is 3. The second kappa shape index (κ2) is 5.87. The molecule has 3 nitrogen and oxygen atoms in total. The zero-order chi connectivity index (χ0) is 14.7. The van der Waals surface area contributed by atoms with Gasteiger partial charge in [0.25, 0.3) is 0 Å². The van der Waals surface area contributed by atoms with Crippen molar-refractivity contribution < 1.29 is 5.11 Å². The van der Waals surface area contributed by atoms with Crippen molar-refractivity contribution in [2.24, 2.45) is 0 Å². The van der Waals surface area contributed by atoms with E-state index in [0.29, 0.717) is 5.75 Å².